The zero-order valence-electron chi connectivity index (χ0n) is 13.2. The lowest BCUT2D eigenvalue weighted by atomic mass is 9.85. The first-order valence-electron chi connectivity index (χ1n) is 8.08. The molecular weight excluding hydrogens is 280 g/mol. The van der Waals surface area contributed by atoms with Gasteiger partial charge in [-0.1, -0.05) is 37.5 Å². The number of carbonyl (C=O) groups is 1. The molecule has 3 N–H and O–H groups in total. The molecule has 122 valence electrons. The maximum Gasteiger partial charge on any atom is 0.315 e. The zero-order valence-corrected chi connectivity index (χ0v) is 13.2. The van der Waals surface area contributed by atoms with Crippen LogP contribution >= 0.6 is 0 Å². The van der Waals surface area contributed by atoms with Crippen LogP contribution in [0.3, 0.4) is 0 Å². The SMILES string of the molecule is CCOc1ccccc1CNC(=O)NCC1(O)CCCCC1. The fraction of sp³-hybridized carbons (Fsp3) is 0.588. The minimum absolute atomic E-state index is 0.259. The molecule has 0 aliphatic heterocycles. The lowest BCUT2D eigenvalue weighted by molar-refractivity contribution is 0.00719. The molecule has 2 amide bonds. The molecule has 1 aromatic rings. The molecule has 5 heteroatoms. The van der Waals surface area contributed by atoms with Gasteiger partial charge in [0.25, 0.3) is 0 Å². The molecule has 1 aliphatic rings. The Morgan fingerprint density at radius 1 is 1.23 bits per heavy atom. The van der Waals surface area contributed by atoms with Gasteiger partial charge in [-0.05, 0) is 25.8 Å². The van der Waals surface area contributed by atoms with Gasteiger partial charge in [0.05, 0.1) is 12.2 Å². The van der Waals surface area contributed by atoms with Crippen molar-refractivity contribution in [1.82, 2.24) is 10.6 Å². The Bertz CT molecular complexity index is 485. The summed E-state index contributed by atoms with van der Waals surface area (Å²) in [6.45, 7) is 3.24. The van der Waals surface area contributed by atoms with Crippen LogP contribution in [-0.4, -0.2) is 29.9 Å². The molecule has 0 bridgehead atoms. The topological polar surface area (TPSA) is 70.6 Å². The third kappa shape index (κ3) is 4.91. The van der Waals surface area contributed by atoms with Crippen molar-refractivity contribution in [3.63, 3.8) is 0 Å². The molecule has 0 heterocycles. The second-order valence-corrected chi connectivity index (χ2v) is 5.86. The minimum atomic E-state index is -0.737. The van der Waals surface area contributed by atoms with E-state index in [9.17, 15) is 9.90 Å². The molecule has 0 aromatic heterocycles. The molecule has 0 radical (unpaired) electrons. The van der Waals surface area contributed by atoms with E-state index in [0.717, 1.165) is 37.0 Å². The molecular formula is C17H26N2O3. The van der Waals surface area contributed by atoms with Crippen molar-refractivity contribution in [2.45, 2.75) is 51.2 Å². The third-order valence-corrected chi connectivity index (χ3v) is 4.07. The van der Waals surface area contributed by atoms with E-state index in [1.807, 2.05) is 31.2 Å². The monoisotopic (exact) mass is 306 g/mol. The highest BCUT2D eigenvalue weighted by atomic mass is 16.5. The number of rotatable bonds is 6. The molecule has 1 saturated carbocycles. The van der Waals surface area contributed by atoms with Crippen LogP contribution in [0.2, 0.25) is 0 Å². The summed E-state index contributed by atoms with van der Waals surface area (Å²) in [5, 5.41) is 15.9. The fourth-order valence-corrected chi connectivity index (χ4v) is 2.82. The van der Waals surface area contributed by atoms with Crippen LogP contribution in [0.4, 0.5) is 4.79 Å². The zero-order chi connectivity index (χ0) is 15.8. The van der Waals surface area contributed by atoms with Crippen LogP contribution in [0.1, 0.15) is 44.6 Å². The summed E-state index contributed by atoms with van der Waals surface area (Å²) in [4.78, 5) is 11.9. The van der Waals surface area contributed by atoms with Gasteiger partial charge in [0.1, 0.15) is 5.75 Å². The highest BCUT2D eigenvalue weighted by Gasteiger charge is 2.29. The van der Waals surface area contributed by atoms with Crippen molar-refractivity contribution in [3.05, 3.63) is 29.8 Å². The Balaban J connectivity index is 1.78. The van der Waals surface area contributed by atoms with Gasteiger partial charge in [0.2, 0.25) is 0 Å². The fourth-order valence-electron chi connectivity index (χ4n) is 2.82. The number of urea groups is 1. The molecule has 1 fully saturated rings. The number of aliphatic hydroxyl groups is 1. The molecule has 0 saturated heterocycles. The Morgan fingerprint density at radius 3 is 2.68 bits per heavy atom. The van der Waals surface area contributed by atoms with Gasteiger partial charge in [0, 0.05) is 18.7 Å². The summed E-state index contributed by atoms with van der Waals surface area (Å²) in [6, 6.07) is 7.39. The predicted molar refractivity (Wildman–Crippen MR) is 85.9 cm³/mol. The molecule has 0 atom stereocenters. The molecule has 1 aliphatic carbocycles. The first-order valence-corrected chi connectivity index (χ1v) is 8.08. The van der Waals surface area contributed by atoms with Crippen molar-refractivity contribution >= 4 is 6.03 Å². The molecule has 2 rings (SSSR count). The molecule has 0 unspecified atom stereocenters. The number of nitrogens with one attached hydrogen (secondary N) is 2. The van der Waals surface area contributed by atoms with E-state index in [2.05, 4.69) is 10.6 Å². The Kier molecular flexibility index (Phi) is 6.07. The Morgan fingerprint density at radius 2 is 1.95 bits per heavy atom. The van der Waals surface area contributed by atoms with Crippen molar-refractivity contribution in [2.75, 3.05) is 13.2 Å². The van der Waals surface area contributed by atoms with E-state index in [0.29, 0.717) is 19.7 Å². The van der Waals surface area contributed by atoms with Crippen LogP contribution in [0.5, 0.6) is 5.75 Å². The quantitative estimate of drug-likeness (QED) is 0.756. The minimum Gasteiger partial charge on any atom is -0.494 e. The van der Waals surface area contributed by atoms with Crippen LogP contribution < -0.4 is 15.4 Å². The average molecular weight is 306 g/mol. The molecule has 1 aromatic carbocycles. The lowest BCUT2D eigenvalue weighted by Gasteiger charge is -2.32. The van der Waals surface area contributed by atoms with Crippen LogP contribution in [0.25, 0.3) is 0 Å². The highest BCUT2D eigenvalue weighted by molar-refractivity contribution is 5.74. The van der Waals surface area contributed by atoms with Gasteiger partial charge in [-0.15, -0.1) is 0 Å². The number of carbonyl (C=O) groups excluding carboxylic acids is 1. The van der Waals surface area contributed by atoms with E-state index in [1.54, 1.807) is 0 Å². The summed E-state index contributed by atoms with van der Waals surface area (Å²) in [6.07, 6.45) is 4.76. The maximum atomic E-state index is 11.9. The van der Waals surface area contributed by atoms with Crippen LogP contribution in [0, 0.1) is 0 Å². The Hall–Kier alpha value is -1.75. The van der Waals surface area contributed by atoms with Gasteiger partial charge >= 0.3 is 6.03 Å². The number of hydrogen-bond acceptors (Lipinski definition) is 3. The molecule has 0 spiro atoms. The van der Waals surface area contributed by atoms with Gasteiger partial charge in [-0.3, -0.25) is 0 Å². The maximum absolute atomic E-state index is 11.9. The Labute approximate surface area is 132 Å². The summed E-state index contributed by atoms with van der Waals surface area (Å²) in [5.41, 5.74) is 0.203. The average Bonchev–Trinajstić information content (AvgIpc) is 2.53. The van der Waals surface area contributed by atoms with Crippen molar-refractivity contribution in [3.8, 4) is 5.75 Å². The van der Waals surface area contributed by atoms with Crippen molar-refractivity contribution in [1.29, 1.82) is 0 Å². The third-order valence-electron chi connectivity index (χ3n) is 4.07. The molecule has 5 nitrogen and oxygen atoms in total. The number of para-hydroxylation sites is 1. The first-order chi connectivity index (χ1) is 10.6. The van der Waals surface area contributed by atoms with E-state index >= 15 is 0 Å². The highest BCUT2D eigenvalue weighted by Crippen LogP contribution is 2.27. The van der Waals surface area contributed by atoms with Crippen LogP contribution in [0.15, 0.2) is 24.3 Å². The summed E-state index contributed by atoms with van der Waals surface area (Å²) in [7, 11) is 0. The number of ether oxygens (including phenoxy) is 1. The summed E-state index contributed by atoms with van der Waals surface area (Å²) >= 11 is 0. The van der Waals surface area contributed by atoms with Gasteiger partial charge in [0.15, 0.2) is 0 Å². The smallest absolute Gasteiger partial charge is 0.315 e. The summed E-state index contributed by atoms with van der Waals surface area (Å²) < 4.78 is 5.53. The summed E-state index contributed by atoms with van der Waals surface area (Å²) in [5.74, 6) is 0.788. The van der Waals surface area contributed by atoms with Crippen molar-refractivity contribution < 1.29 is 14.6 Å². The second kappa shape index (κ2) is 8.03. The number of hydrogen-bond donors (Lipinski definition) is 3. The standard InChI is InChI=1S/C17H26N2O3/c1-2-22-15-9-5-4-8-14(15)12-18-16(20)19-13-17(21)10-6-3-7-11-17/h4-5,8-9,21H,2-3,6-7,10-13H2,1H3,(H2,18,19,20). The normalized spacial score (nSPS) is 16.8. The van der Waals surface area contributed by atoms with Gasteiger partial charge < -0.3 is 20.5 Å². The number of amides is 2. The predicted octanol–water partition coefficient (Wildman–Crippen LogP) is 2.58. The first kappa shape index (κ1) is 16.6. The van der Waals surface area contributed by atoms with E-state index in [4.69, 9.17) is 4.74 Å². The van der Waals surface area contributed by atoms with E-state index in [-0.39, 0.29) is 6.03 Å². The largest absolute Gasteiger partial charge is 0.494 e. The lowest BCUT2D eigenvalue weighted by Crippen LogP contribution is -2.47. The van der Waals surface area contributed by atoms with E-state index < -0.39 is 5.60 Å². The van der Waals surface area contributed by atoms with E-state index in [1.165, 1.54) is 6.42 Å². The molecule has 22 heavy (non-hydrogen) atoms. The van der Waals surface area contributed by atoms with Crippen molar-refractivity contribution in [2.24, 2.45) is 0 Å². The second-order valence-electron chi connectivity index (χ2n) is 5.86. The van der Waals surface area contributed by atoms with Crippen LogP contribution in [-0.2, 0) is 6.54 Å². The van der Waals surface area contributed by atoms with Gasteiger partial charge in [-0.25, -0.2) is 4.79 Å². The van der Waals surface area contributed by atoms with Gasteiger partial charge in [-0.2, -0.15) is 0 Å². The number of benzene rings is 1.